The van der Waals surface area contributed by atoms with Gasteiger partial charge in [0.05, 0.1) is 12.2 Å². The SMILES string of the molecule is CCC(CNC)OC(CC)CNC. The lowest BCUT2D eigenvalue weighted by Crippen LogP contribution is -2.34. The van der Waals surface area contributed by atoms with Crippen LogP contribution in [0.15, 0.2) is 0 Å². The molecule has 0 aromatic rings. The van der Waals surface area contributed by atoms with E-state index >= 15 is 0 Å². The lowest BCUT2D eigenvalue weighted by molar-refractivity contribution is -0.0121. The maximum Gasteiger partial charge on any atom is 0.0701 e. The van der Waals surface area contributed by atoms with Crippen LogP contribution in [0, 0.1) is 0 Å². The van der Waals surface area contributed by atoms with Crippen molar-refractivity contribution in [1.82, 2.24) is 10.6 Å². The van der Waals surface area contributed by atoms with E-state index in [1.165, 1.54) is 0 Å². The Bertz CT molecular complexity index is 97.1. The second kappa shape index (κ2) is 8.48. The number of ether oxygens (including phenoxy) is 1. The lowest BCUT2D eigenvalue weighted by atomic mass is 10.2. The van der Waals surface area contributed by atoms with Gasteiger partial charge < -0.3 is 15.4 Å². The van der Waals surface area contributed by atoms with Gasteiger partial charge in [0.1, 0.15) is 0 Å². The molecule has 0 rings (SSSR count). The van der Waals surface area contributed by atoms with Crippen molar-refractivity contribution in [2.24, 2.45) is 0 Å². The Balaban J connectivity index is 3.73. The molecule has 0 amide bonds. The first-order valence-electron chi connectivity index (χ1n) is 5.23. The van der Waals surface area contributed by atoms with Gasteiger partial charge in [-0.3, -0.25) is 0 Å². The molecular formula is C10H24N2O. The Kier molecular flexibility index (Phi) is 8.40. The van der Waals surface area contributed by atoms with Crippen molar-refractivity contribution in [2.75, 3.05) is 27.2 Å². The van der Waals surface area contributed by atoms with E-state index in [1.54, 1.807) is 0 Å². The third-order valence-corrected chi connectivity index (χ3v) is 2.16. The zero-order valence-electron chi connectivity index (χ0n) is 9.39. The molecule has 2 unspecified atom stereocenters. The monoisotopic (exact) mass is 188 g/mol. The van der Waals surface area contributed by atoms with Gasteiger partial charge in [-0.15, -0.1) is 0 Å². The van der Waals surface area contributed by atoms with Crippen LogP contribution in [0.2, 0.25) is 0 Å². The van der Waals surface area contributed by atoms with E-state index in [4.69, 9.17) is 4.74 Å². The summed E-state index contributed by atoms with van der Waals surface area (Å²) in [6, 6.07) is 0. The minimum absolute atomic E-state index is 0.350. The maximum absolute atomic E-state index is 5.90. The average Bonchev–Trinajstić information content (AvgIpc) is 2.16. The van der Waals surface area contributed by atoms with Crippen LogP contribution < -0.4 is 10.6 Å². The van der Waals surface area contributed by atoms with Crippen molar-refractivity contribution in [3.05, 3.63) is 0 Å². The highest BCUT2D eigenvalue weighted by Crippen LogP contribution is 2.04. The molecule has 3 heteroatoms. The predicted octanol–water partition coefficient (Wildman–Crippen LogP) is 0.999. The molecule has 80 valence electrons. The molecule has 0 saturated heterocycles. The largest absolute Gasteiger partial charge is 0.372 e. The minimum Gasteiger partial charge on any atom is -0.372 e. The normalized spacial score (nSPS) is 15.7. The second-order valence-electron chi connectivity index (χ2n) is 3.31. The maximum atomic E-state index is 5.90. The molecule has 0 aliphatic rings. The van der Waals surface area contributed by atoms with Crippen LogP contribution in [-0.2, 0) is 4.74 Å². The summed E-state index contributed by atoms with van der Waals surface area (Å²) in [6.45, 7) is 6.20. The van der Waals surface area contributed by atoms with E-state index in [0.29, 0.717) is 12.2 Å². The molecule has 0 saturated carbocycles. The van der Waals surface area contributed by atoms with Crippen LogP contribution in [0.1, 0.15) is 26.7 Å². The highest BCUT2D eigenvalue weighted by Gasteiger charge is 2.11. The van der Waals surface area contributed by atoms with E-state index in [2.05, 4.69) is 24.5 Å². The van der Waals surface area contributed by atoms with Crippen molar-refractivity contribution < 1.29 is 4.74 Å². The molecule has 13 heavy (non-hydrogen) atoms. The summed E-state index contributed by atoms with van der Waals surface area (Å²) in [5.41, 5.74) is 0. The fraction of sp³-hybridized carbons (Fsp3) is 1.00. The first-order valence-corrected chi connectivity index (χ1v) is 5.23. The van der Waals surface area contributed by atoms with Gasteiger partial charge in [-0.1, -0.05) is 13.8 Å². The topological polar surface area (TPSA) is 33.3 Å². The summed E-state index contributed by atoms with van der Waals surface area (Å²) in [4.78, 5) is 0. The molecule has 0 aliphatic heterocycles. The van der Waals surface area contributed by atoms with Gasteiger partial charge in [0, 0.05) is 13.1 Å². The molecule has 0 aromatic heterocycles. The van der Waals surface area contributed by atoms with Gasteiger partial charge in [0.15, 0.2) is 0 Å². The van der Waals surface area contributed by atoms with Crippen molar-refractivity contribution in [3.8, 4) is 0 Å². The fourth-order valence-corrected chi connectivity index (χ4v) is 1.30. The van der Waals surface area contributed by atoms with Gasteiger partial charge in [-0.2, -0.15) is 0 Å². The molecular weight excluding hydrogens is 164 g/mol. The first kappa shape index (κ1) is 12.9. The third kappa shape index (κ3) is 6.02. The Morgan fingerprint density at radius 1 is 0.923 bits per heavy atom. The summed E-state index contributed by atoms with van der Waals surface area (Å²) in [5.74, 6) is 0. The number of rotatable bonds is 8. The van der Waals surface area contributed by atoms with E-state index in [1.807, 2.05) is 14.1 Å². The molecule has 0 radical (unpaired) electrons. The molecule has 0 aromatic carbocycles. The van der Waals surface area contributed by atoms with Gasteiger partial charge in [-0.25, -0.2) is 0 Å². The molecule has 2 atom stereocenters. The highest BCUT2D eigenvalue weighted by atomic mass is 16.5. The zero-order valence-corrected chi connectivity index (χ0v) is 9.39. The van der Waals surface area contributed by atoms with Gasteiger partial charge in [0.25, 0.3) is 0 Å². The molecule has 0 aliphatic carbocycles. The first-order chi connectivity index (χ1) is 6.28. The van der Waals surface area contributed by atoms with Crippen molar-refractivity contribution >= 4 is 0 Å². The van der Waals surface area contributed by atoms with E-state index < -0.39 is 0 Å². The van der Waals surface area contributed by atoms with Gasteiger partial charge in [0.2, 0.25) is 0 Å². The van der Waals surface area contributed by atoms with Crippen LogP contribution in [0.4, 0.5) is 0 Å². The average molecular weight is 188 g/mol. The molecule has 0 heterocycles. The standard InChI is InChI=1S/C10H24N2O/c1-5-9(7-11-3)13-10(6-2)8-12-4/h9-12H,5-8H2,1-4H3. The van der Waals surface area contributed by atoms with Crippen LogP contribution >= 0.6 is 0 Å². The molecule has 2 N–H and O–H groups in total. The summed E-state index contributed by atoms with van der Waals surface area (Å²) < 4.78 is 5.90. The van der Waals surface area contributed by atoms with Crippen molar-refractivity contribution in [3.63, 3.8) is 0 Å². The number of hydrogen-bond acceptors (Lipinski definition) is 3. The van der Waals surface area contributed by atoms with Crippen LogP contribution in [0.5, 0.6) is 0 Å². The Labute approximate surface area is 82.2 Å². The molecule has 0 fully saturated rings. The van der Waals surface area contributed by atoms with Crippen LogP contribution in [0.25, 0.3) is 0 Å². The molecule has 3 nitrogen and oxygen atoms in total. The van der Waals surface area contributed by atoms with E-state index in [-0.39, 0.29) is 0 Å². The second-order valence-corrected chi connectivity index (χ2v) is 3.31. The van der Waals surface area contributed by atoms with Crippen LogP contribution in [0.3, 0.4) is 0 Å². The zero-order chi connectivity index (χ0) is 10.1. The summed E-state index contributed by atoms with van der Waals surface area (Å²) in [5, 5.41) is 6.29. The fourth-order valence-electron chi connectivity index (χ4n) is 1.30. The number of nitrogens with one attached hydrogen (secondary N) is 2. The molecule has 0 spiro atoms. The Hall–Kier alpha value is -0.120. The van der Waals surface area contributed by atoms with Gasteiger partial charge >= 0.3 is 0 Å². The van der Waals surface area contributed by atoms with Crippen molar-refractivity contribution in [2.45, 2.75) is 38.9 Å². The van der Waals surface area contributed by atoms with Gasteiger partial charge in [-0.05, 0) is 26.9 Å². The minimum atomic E-state index is 0.350. The number of hydrogen-bond donors (Lipinski definition) is 2. The van der Waals surface area contributed by atoms with E-state index in [9.17, 15) is 0 Å². The van der Waals surface area contributed by atoms with Crippen LogP contribution in [-0.4, -0.2) is 39.4 Å². The Morgan fingerprint density at radius 3 is 1.54 bits per heavy atom. The molecule has 0 bridgehead atoms. The summed E-state index contributed by atoms with van der Waals surface area (Å²) >= 11 is 0. The predicted molar refractivity (Wildman–Crippen MR) is 57.1 cm³/mol. The quantitative estimate of drug-likeness (QED) is 0.596. The van der Waals surface area contributed by atoms with E-state index in [0.717, 1.165) is 25.9 Å². The lowest BCUT2D eigenvalue weighted by Gasteiger charge is -2.22. The summed E-state index contributed by atoms with van der Waals surface area (Å²) in [6.07, 6.45) is 2.84. The Morgan fingerprint density at radius 2 is 1.31 bits per heavy atom. The third-order valence-electron chi connectivity index (χ3n) is 2.16. The van der Waals surface area contributed by atoms with Crippen molar-refractivity contribution in [1.29, 1.82) is 0 Å². The summed E-state index contributed by atoms with van der Waals surface area (Å²) in [7, 11) is 3.93. The smallest absolute Gasteiger partial charge is 0.0701 e. The number of likely N-dealkylation sites (N-methyl/N-ethyl adjacent to an activating group) is 2. The highest BCUT2D eigenvalue weighted by molar-refractivity contribution is 4.64.